The van der Waals surface area contributed by atoms with Crippen LogP contribution in [0.2, 0.25) is 13.3 Å². The summed E-state index contributed by atoms with van der Waals surface area (Å²) in [6.45, 7) is 9.33. The van der Waals surface area contributed by atoms with Crippen molar-refractivity contribution >= 4 is 18.4 Å². The van der Waals surface area contributed by atoms with Crippen LogP contribution in [0.4, 0.5) is 0 Å². The van der Waals surface area contributed by atoms with Gasteiger partial charge < -0.3 is 0 Å². The van der Waals surface area contributed by atoms with E-state index in [1.165, 1.54) is 38.5 Å². The Labute approximate surface area is 113 Å². The molecule has 0 N–H and O–H groups in total. The molecule has 0 aromatic heterocycles. The van der Waals surface area contributed by atoms with Crippen LogP contribution in [0.3, 0.4) is 0 Å². The average molecular weight is 347 g/mol. The molecule has 2 atom stereocenters. The summed E-state index contributed by atoms with van der Waals surface area (Å²) >= 11 is -1.94. The first-order chi connectivity index (χ1) is 8.20. The van der Waals surface area contributed by atoms with Crippen molar-refractivity contribution in [3.05, 3.63) is 0 Å². The van der Waals surface area contributed by atoms with E-state index in [2.05, 4.69) is 27.7 Å². The van der Waals surface area contributed by atoms with Gasteiger partial charge in [0.15, 0.2) is 0 Å². The molecule has 1 aliphatic rings. The molecule has 0 amide bonds. The molecular formula is C15H32OSn. The number of epoxide rings is 1. The van der Waals surface area contributed by atoms with E-state index in [9.17, 15) is 0 Å². The predicted molar refractivity (Wildman–Crippen MR) is 79.2 cm³/mol. The molecule has 0 spiro atoms. The van der Waals surface area contributed by atoms with Crippen molar-refractivity contribution in [3.63, 3.8) is 0 Å². The van der Waals surface area contributed by atoms with E-state index in [4.69, 9.17) is 4.74 Å². The standard InChI is InChI=1S/3C4H9.C3H5O.Sn/c3*1-3-4-2;1-3-2-4-3;/h3*1,3-4H2,2H3;2-3H,1H3;/t;;;3-;/m...0./s1. The fourth-order valence-corrected chi connectivity index (χ4v) is 21.1. The molecule has 0 unspecified atom stereocenters. The minimum atomic E-state index is -1.94. The molecule has 1 nitrogen and oxygen atoms in total. The fraction of sp³-hybridized carbons (Fsp3) is 1.00. The normalized spacial score (nSPS) is 24.0. The Hall–Kier alpha value is 0.759. The van der Waals surface area contributed by atoms with Gasteiger partial charge in [-0.1, -0.05) is 0 Å². The third-order valence-corrected chi connectivity index (χ3v) is 21.1. The summed E-state index contributed by atoms with van der Waals surface area (Å²) in [6.07, 6.45) is 9.15. The zero-order chi connectivity index (χ0) is 12.7. The van der Waals surface area contributed by atoms with Crippen molar-refractivity contribution in [2.24, 2.45) is 0 Å². The van der Waals surface area contributed by atoms with E-state index >= 15 is 0 Å². The minimum absolute atomic E-state index is 0.622. The molecule has 102 valence electrons. The number of hydrogen-bond donors (Lipinski definition) is 0. The Morgan fingerprint density at radius 1 is 0.824 bits per heavy atom. The molecule has 0 aliphatic carbocycles. The van der Waals surface area contributed by atoms with Crippen LogP contribution in [-0.4, -0.2) is 28.6 Å². The van der Waals surface area contributed by atoms with E-state index in [1.54, 1.807) is 13.3 Å². The topological polar surface area (TPSA) is 12.5 Å². The van der Waals surface area contributed by atoms with Gasteiger partial charge in [0.05, 0.1) is 0 Å². The van der Waals surface area contributed by atoms with Crippen LogP contribution >= 0.6 is 0 Å². The molecule has 1 heterocycles. The van der Waals surface area contributed by atoms with Crippen LogP contribution in [0.15, 0.2) is 0 Å². The maximum absolute atomic E-state index is 5.97. The molecule has 1 fully saturated rings. The second-order valence-corrected chi connectivity index (χ2v) is 19.6. The summed E-state index contributed by atoms with van der Waals surface area (Å²) in [7, 11) is 0. The molecule has 2 heteroatoms. The van der Waals surface area contributed by atoms with Gasteiger partial charge in [-0.3, -0.25) is 0 Å². The Balaban J connectivity index is 2.61. The molecule has 1 saturated heterocycles. The first-order valence-electron chi connectivity index (χ1n) is 7.85. The van der Waals surface area contributed by atoms with E-state index < -0.39 is 18.4 Å². The first-order valence-corrected chi connectivity index (χ1v) is 15.6. The van der Waals surface area contributed by atoms with Gasteiger partial charge in [0.2, 0.25) is 0 Å². The van der Waals surface area contributed by atoms with Crippen molar-refractivity contribution in [3.8, 4) is 0 Å². The van der Waals surface area contributed by atoms with Crippen LogP contribution in [0.25, 0.3) is 0 Å². The van der Waals surface area contributed by atoms with Crippen molar-refractivity contribution < 1.29 is 4.74 Å². The molecule has 1 rings (SSSR count). The van der Waals surface area contributed by atoms with E-state index in [1.807, 2.05) is 0 Å². The summed E-state index contributed by atoms with van der Waals surface area (Å²) in [5, 5.41) is 0. The first kappa shape index (κ1) is 15.8. The number of ether oxygens (including phenoxy) is 1. The zero-order valence-corrected chi connectivity index (χ0v) is 15.3. The van der Waals surface area contributed by atoms with Gasteiger partial charge in [0.1, 0.15) is 0 Å². The van der Waals surface area contributed by atoms with E-state index in [0.29, 0.717) is 6.10 Å². The van der Waals surface area contributed by atoms with Gasteiger partial charge in [-0.05, 0) is 0 Å². The molecule has 0 aromatic carbocycles. The van der Waals surface area contributed by atoms with Gasteiger partial charge in [0, 0.05) is 0 Å². The number of unbranched alkanes of at least 4 members (excludes halogenated alkanes) is 3. The molecule has 17 heavy (non-hydrogen) atoms. The van der Waals surface area contributed by atoms with E-state index in [-0.39, 0.29) is 0 Å². The van der Waals surface area contributed by atoms with Gasteiger partial charge in [-0.2, -0.15) is 0 Å². The molecular weight excluding hydrogens is 315 g/mol. The average Bonchev–Trinajstić information content (AvgIpc) is 3.07. The van der Waals surface area contributed by atoms with Gasteiger partial charge in [0.25, 0.3) is 0 Å². The summed E-state index contributed by atoms with van der Waals surface area (Å²) in [6, 6.07) is 0. The maximum atomic E-state index is 5.97. The summed E-state index contributed by atoms with van der Waals surface area (Å²) in [5.41, 5.74) is 0. The summed E-state index contributed by atoms with van der Waals surface area (Å²) in [4.78, 5) is 0. The van der Waals surface area contributed by atoms with Crippen molar-refractivity contribution in [1.29, 1.82) is 0 Å². The molecule has 0 bridgehead atoms. The fourth-order valence-electron chi connectivity index (χ4n) is 3.22. The van der Waals surface area contributed by atoms with Crippen LogP contribution < -0.4 is 0 Å². The van der Waals surface area contributed by atoms with Crippen LogP contribution in [0, 0.1) is 0 Å². The third-order valence-electron chi connectivity index (χ3n) is 4.40. The second kappa shape index (κ2) is 8.04. The molecule has 0 aromatic rings. The van der Waals surface area contributed by atoms with Crippen molar-refractivity contribution in [2.45, 2.75) is 89.8 Å². The Morgan fingerprint density at radius 2 is 1.18 bits per heavy atom. The molecule has 0 saturated carbocycles. The number of rotatable bonds is 10. The quantitative estimate of drug-likeness (QED) is 0.393. The monoisotopic (exact) mass is 348 g/mol. The Bertz CT molecular complexity index is 183. The molecule has 0 radical (unpaired) electrons. The van der Waals surface area contributed by atoms with Crippen LogP contribution in [0.5, 0.6) is 0 Å². The van der Waals surface area contributed by atoms with Crippen molar-refractivity contribution in [2.75, 3.05) is 0 Å². The third kappa shape index (κ3) is 4.74. The van der Waals surface area contributed by atoms with Crippen molar-refractivity contribution in [1.82, 2.24) is 0 Å². The Morgan fingerprint density at radius 3 is 1.41 bits per heavy atom. The van der Waals surface area contributed by atoms with Gasteiger partial charge in [-0.15, -0.1) is 0 Å². The predicted octanol–water partition coefficient (Wildman–Crippen LogP) is 5.16. The van der Waals surface area contributed by atoms with Crippen LogP contribution in [0.1, 0.15) is 66.2 Å². The summed E-state index contributed by atoms with van der Waals surface area (Å²) < 4.78 is 11.5. The Kier molecular flexibility index (Phi) is 7.47. The second-order valence-electron chi connectivity index (χ2n) is 5.93. The van der Waals surface area contributed by atoms with E-state index in [0.717, 1.165) is 4.12 Å². The zero-order valence-electron chi connectivity index (χ0n) is 12.4. The summed E-state index contributed by atoms with van der Waals surface area (Å²) in [5.74, 6) is 0. The molecule has 1 aliphatic heterocycles. The van der Waals surface area contributed by atoms with Gasteiger partial charge >= 0.3 is 113 Å². The van der Waals surface area contributed by atoms with Gasteiger partial charge in [-0.25, -0.2) is 0 Å². The van der Waals surface area contributed by atoms with Crippen LogP contribution in [-0.2, 0) is 4.74 Å². The number of hydrogen-bond acceptors (Lipinski definition) is 1. The SMILES string of the molecule is CCC[CH2][Sn]([CH2]CCC)([CH2]CCC)[C@@H]1O[C@H]1C.